The minimum atomic E-state index is 0.0520. The van der Waals surface area contributed by atoms with E-state index in [1.165, 1.54) is 0 Å². The molecule has 2 N–H and O–H groups in total. The van der Waals surface area contributed by atoms with Gasteiger partial charge >= 0.3 is 0 Å². The Hall–Kier alpha value is -1.02. The maximum atomic E-state index is 6.03. The zero-order valence-corrected chi connectivity index (χ0v) is 8.45. The molecule has 0 aliphatic heterocycles. The van der Waals surface area contributed by atoms with Gasteiger partial charge in [0.15, 0.2) is 0 Å². The van der Waals surface area contributed by atoms with Gasteiger partial charge in [-0.15, -0.1) is 0 Å². The summed E-state index contributed by atoms with van der Waals surface area (Å²) < 4.78 is 5.24. The van der Waals surface area contributed by atoms with Crippen molar-refractivity contribution >= 4 is 0 Å². The normalized spacial score (nSPS) is 13.0. The summed E-state index contributed by atoms with van der Waals surface area (Å²) in [6, 6.07) is 7.95. The number of hydrogen-bond donors (Lipinski definition) is 1. The van der Waals surface area contributed by atoms with Gasteiger partial charge in [-0.2, -0.15) is 0 Å². The Morgan fingerprint density at radius 1 is 1.23 bits per heavy atom. The summed E-state index contributed by atoms with van der Waals surface area (Å²) in [5.41, 5.74) is 7.12. The first-order valence-corrected chi connectivity index (χ1v) is 4.55. The SMILES string of the molecule is COc1ccccc1C(N)C(C)C. The zero-order chi connectivity index (χ0) is 9.84. The standard InChI is InChI=1S/C11H17NO/c1-8(2)11(12)9-6-4-5-7-10(9)13-3/h4-8,11H,12H2,1-3H3. The molecule has 0 spiro atoms. The van der Waals surface area contributed by atoms with Crippen LogP contribution in [0, 0.1) is 5.92 Å². The fourth-order valence-corrected chi connectivity index (χ4v) is 1.30. The van der Waals surface area contributed by atoms with Gasteiger partial charge in [0.2, 0.25) is 0 Å². The van der Waals surface area contributed by atoms with Gasteiger partial charge < -0.3 is 10.5 Å². The third-order valence-electron chi connectivity index (χ3n) is 2.22. The van der Waals surface area contributed by atoms with Crippen LogP contribution in [0.3, 0.4) is 0 Å². The summed E-state index contributed by atoms with van der Waals surface area (Å²) in [5, 5.41) is 0. The summed E-state index contributed by atoms with van der Waals surface area (Å²) >= 11 is 0. The van der Waals surface area contributed by atoms with E-state index in [4.69, 9.17) is 10.5 Å². The molecule has 0 fully saturated rings. The molecule has 0 heterocycles. The van der Waals surface area contributed by atoms with Crippen molar-refractivity contribution in [2.75, 3.05) is 7.11 Å². The van der Waals surface area contributed by atoms with Crippen LogP contribution in [-0.4, -0.2) is 7.11 Å². The highest BCUT2D eigenvalue weighted by Gasteiger charge is 2.13. The summed E-state index contributed by atoms with van der Waals surface area (Å²) in [6.45, 7) is 4.22. The first-order chi connectivity index (χ1) is 6.16. The maximum Gasteiger partial charge on any atom is 0.123 e. The van der Waals surface area contributed by atoms with Gasteiger partial charge in [0, 0.05) is 11.6 Å². The zero-order valence-electron chi connectivity index (χ0n) is 8.45. The fraction of sp³-hybridized carbons (Fsp3) is 0.455. The number of nitrogens with two attached hydrogens (primary N) is 1. The third-order valence-corrected chi connectivity index (χ3v) is 2.22. The van der Waals surface area contributed by atoms with Crippen molar-refractivity contribution in [3.05, 3.63) is 29.8 Å². The van der Waals surface area contributed by atoms with E-state index >= 15 is 0 Å². The number of para-hydroxylation sites is 1. The van der Waals surface area contributed by atoms with Crippen molar-refractivity contribution in [1.82, 2.24) is 0 Å². The molecule has 2 heteroatoms. The molecule has 13 heavy (non-hydrogen) atoms. The van der Waals surface area contributed by atoms with Crippen molar-refractivity contribution in [3.8, 4) is 5.75 Å². The topological polar surface area (TPSA) is 35.2 Å². The summed E-state index contributed by atoms with van der Waals surface area (Å²) in [4.78, 5) is 0. The molecule has 0 saturated heterocycles. The van der Waals surface area contributed by atoms with Gasteiger partial charge in [0.25, 0.3) is 0 Å². The highest BCUT2D eigenvalue weighted by molar-refractivity contribution is 5.35. The Balaban J connectivity index is 2.98. The number of hydrogen-bond acceptors (Lipinski definition) is 2. The molecule has 0 aliphatic carbocycles. The number of benzene rings is 1. The lowest BCUT2D eigenvalue weighted by molar-refractivity contribution is 0.396. The Bertz CT molecular complexity index is 271. The smallest absolute Gasteiger partial charge is 0.123 e. The van der Waals surface area contributed by atoms with Crippen molar-refractivity contribution < 1.29 is 4.74 Å². The largest absolute Gasteiger partial charge is 0.496 e. The van der Waals surface area contributed by atoms with Crippen LogP contribution in [0.25, 0.3) is 0 Å². The molecule has 0 bridgehead atoms. The van der Waals surface area contributed by atoms with Gasteiger partial charge in [-0.1, -0.05) is 32.0 Å². The number of ether oxygens (including phenoxy) is 1. The molecular formula is C11H17NO. The summed E-state index contributed by atoms with van der Waals surface area (Å²) in [7, 11) is 1.67. The van der Waals surface area contributed by atoms with Crippen molar-refractivity contribution in [2.24, 2.45) is 11.7 Å². The lowest BCUT2D eigenvalue weighted by Crippen LogP contribution is -2.17. The van der Waals surface area contributed by atoms with E-state index in [9.17, 15) is 0 Å². The molecule has 0 aromatic heterocycles. The van der Waals surface area contributed by atoms with Crippen LogP contribution in [-0.2, 0) is 0 Å². The molecule has 2 nitrogen and oxygen atoms in total. The van der Waals surface area contributed by atoms with E-state index in [1.807, 2.05) is 24.3 Å². The van der Waals surface area contributed by atoms with Crippen molar-refractivity contribution in [2.45, 2.75) is 19.9 Å². The van der Waals surface area contributed by atoms with Crippen LogP contribution in [0.15, 0.2) is 24.3 Å². The Kier molecular flexibility index (Phi) is 3.32. The van der Waals surface area contributed by atoms with Gasteiger partial charge in [-0.25, -0.2) is 0 Å². The van der Waals surface area contributed by atoms with Crippen LogP contribution < -0.4 is 10.5 Å². The molecule has 1 atom stereocenters. The maximum absolute atomic E-state index is 6.03. The molecule has 1 aromatic carbocycles. The van der Waals surface area contributed by atoms with E-state index in [1.54, 1.807) is 7.11 Å². The highest BCUT2D eigenvalue weighted by atomic mass is 16.5. The molecular weight excluding hydrogens is 162 g/mol. The first-order valence-electron chi connectivity index (χ1n) is 4.55. The third kappa shape index (κ3) is 2.22. The van der Waals surface area contributed by atoms with Crippen molar-refractivity contribution in [3.63, 3.8) is 0 Å². The molecule has 0 radical (unpaired) electrons. The molecule has 1 rings (SSSR count). The number of rotatable bonds is 3. The second kappa shape index (κ2) is 4.28. The predicted octanol–water partition coefficient (Wildman–Crippen LogP) is 2.35. The average Bonchev–Trinajstić information content (AvgIpc) is 2.16. The lowest BCUT2D eigenvalue weighted by Gasteiger charge is -2.18. The molecule has 0 saturated carbocycles. The average molecular weight is 179 g/mol. The Morgan fingerprint density at radius 3 is 2.38 bits per heavy atom. The molecule has 0 amide bonds. The van der Waals surface area contributed by atoms with Crippen LogP contribution in [0.2, 0.25) is 0 Å². The van der Waals surface area contributed by atoms with E-state index in [-0.39, 0.29) is 6.04 Å². The van der Waals surface area contributed by atoms with Crippen LogP contribution in [0.1, 0.15) is 25.5 Å². The highest BCUT2D eigenvalue weighted by Crippen LogP contribution is 2.27. The molecule has 1 aromatic rings. The van der Waals surface area contributed by atoms with Crippen molar-refractivity contribution in [1.29, 1.82) is 0 Å². The van der Waals surface area contributed by atoms with Gasteiger partial charge in [-0.05, 0) is 12.0 Å². The predicted molar refractivity (Wildman–Crippen MR) is 54.8 cm³/mol. The molecule has 72 valence electrons. The first kappa shape index (κ1) is 10.1. The van der Waals surface area contributed by atoms with Crippen LogP contribution in [0.5, 0.6) is 5.75 Å². The summed E-state index contributed by atoms with van der Waals surface area (Å²) in [6.07, 6.45) is 0. The monoisotopic (exact) mass is 179 g/mol. The number of methoxy groups -OCH3 is 1. The van der Waals surface area contributed by atoms with Gasteiger partial charge in [-0.3, -0.25) is 0 Å². The minimum absolute atomic E-state index is 0.0520. The Labute approximate surface area is 79.7 Å². The van der Waals surface area contributed by atoms with E-state index < -0.39 is 0 Å². The minimum Gasteiger partial charge on any atom is -0.496 e. The van der Waals surface area contributed by atoms with E-state index in [0.29, 0.717) is 5.92 Å². The Morgan fingerprint density at radius 2 is 1.85 bits per heavy atom. The van der Waals surface area contributed by atoms with Crippen LogP contribution in [0.4, 0.5) is 0 Å². The fourth-order valence-electron chi connectivity index (χ4n) is 1.30. The second-order valence-corrected chi connectivity index (χ2v) is 3.51. The molecule has 1 unspecified atom stereocenters. The molecule has 0 aliphatic rings. The van der Waals surface area contributed by atoms with Gasteiger partial charge in [0.1, 0.15) is 5.75 Å². The van der Waals surface area contributed by atoms with Crippen LogP contribution >= 0.6 is 0 Å². The quantitative estimate of drug-likeness (QED) is 0.773. The lowest BCUT2D eigenvalue weighted by atomic mass is 9.96. The second-order valence-electron chi connectivity index (χ2n) is 3.51. The van der Waals surface area contributed by atoms with Gasteiger partial charge in [0.05, 0.1) is 7.11 Å². The van der Waals surface area contributed by atoms with E-state index in [2.05, 4.69) is 13.8 Å². The van der Waals surface area contributed by atoms with E-state index in [0.717, 1.165) is 11.3 Å². The summed E-state index contributed by atoms with van der Waals surface area (Å²) in [5.74, 6) is 1.31.